The van der Waals surface area contributed by atoms with E-state index in [4.69, 9.17) is 5.73 Å². The molecule has 7 nitrogen and oxygen atoms in total. The van der Waals surface area contributed by atoms with Gasteiger partial charge in [-0.15, -0.1) is 0 Å². The van der Waals surface area contributed by atoms with Crippen LogP contribution in [0.15, 0.2) is 11.4 Å². The van der Waals surface area contributed by atoms with Crippen molar-refractivity contribution in [1.82, 2.24) is 13.9 Å². The van der Waals surface area contributed by atoms with E-state index in [0.717, 1.165) is 0 Å². The Balaban J connectivity index is 2.36. The highest BCUT2D eigenvalue weighted by Crippen LogP contribution is 2.23. The van der Waals surface area contributed by atoms with Crippen LogP contribution < -0.4 is 5.73 Å². The lowest BCUT2D eigenvalue weighted by Crippen LogP contribution is -2.42. The Morgan fingerprint density at radius 3 is 2.82 bits per heavy atom. The molecule has 1 atom stereocenters. The minimum atomic E-state index is -3.66. The molecule has 0 spiro atoms. The van der Waals surface area contributed by atoms with Gasteiger partial charge in [-0.05, 0) is 12.8 Å². The second-order valence-electron chi connectivity index (χ2n) is 4.20. The van der Waals surface area contributed by atoms with Crippen molar-refractivity contribution in [3.05, 3.63) is 6.33 Å². The van der Waals surface area contributed by atoms with Gasteiger partial charge in [0.2, 0.25) is 0 Å². The number of aryl methyl sites for hydroxylation is 1. The fourth-order valence-corrected chi connectivity index (χ4v) is 3.72. The second-order valence-corrected chi connectivity index (χ2v) is 6.06. The molecule has 1 aliphatic heterocycles. The first kappa shape index (κ1) is 12.3. The number of aliphatic hydroxyl groups is 1. The van der Waals surface area contributed by atoms with Crippen LogP contribution in [0, 0.1) is 0 Å². The quantitative estimate of drug-likeness (QED) is 0.721. The zero-order valence-electron chi connectivity index (χ0n) is 9.57. The van der Waals surface area contributed by atoms with Crippen molar-refractivity contribution in [2.75, 3.05) is 18.8 Å². The van der Waals surface area contributed by atoms with Crippen LogP contribution in [0.25, 0.3) is 0 Å². The van der Waals surface area contributed by atoms with Gasteiger partial charge in [0, 0.05) is 20.1 Å². The second kappa shape index (κ2) is 4.28. The van der Waals surface area contributed by atoms with Gasteiger partial charge in [-0.25, -0.2) is 13.4 Å². The van der Waals surface area contributed by atoms with E-state index in [-0.39, 0.29) is 17.4 Å². The summed E-state index contributed by atoms with van der Waals surface area (Å²) in [5.74, 6) is -0.00689. The third kappa shape index (κ3) is 2.15. The maximum atomic E-state index is 12.3. The number of imidazole rings is 1. The Hall–Kier alpha value is -1.12. The van der Waals surface area contributed by atoms with Gasteiger partial charge in [-0.1, -0.05) is 0 Å². The van der Waals surface area contributed by atoms with E-state index in [1.54, 1.807) is 7.05 Å². The molecule has 96 valence electrons. The Kier molecular flexibility index (Phi) is 3.11. The maximum absolute atomic E-state index is 12.3. The van der Waals surface area contributed by atoms with Crippen molar-refractivity contribution in [3.63, 3.8) is 0 Å². The molecule has 3 N–H and O–H groups in total. The summed E-state index contributed by atoms with van der Waals surface area (Å²) in [6, 6.07) is 0. The SMILES string of the molecule is Cn1cnc(N)c1S(=O)(=O)N1CCCC(O)C1. The first-order valence-electron chi connectivity index (χ1n) is 5.38. The molecule has 0 amide bonds. The Labute approximate surface area is 99.9 Å². The number of anilines is 1. The van der Waals surface area contributed by atoms with Gasteiger partial charge in [0.1, 0.15) is 0 Å². The van der Waals surface area contributed by atoms with Crippen molar-refractivity contribution in [1.29, 1.82) is 0 Å². The highest BCUT2D eigenvalue weighted by Gasteiger charge is 2.33. The summed E-state index contributed by atoms with van der Waals surface area (Å²) in [6.45, 7) is 0.525. The van der Waals surface area contributed by atoms with Crippen LogP contribution >= 0.6 is 0 Å². The first-order valence-corrected chi connectivity index (χ1v) is 6.82. The van der Waals surface area contributed by atoms with Crippen molar-refractivity contribution in [2.45, 2.75) is 24.0 Å². The minimum Gasteiger partial charge on any atom is -0.392 e. The number of hydrogen-bond acceptors (Lipinski definition) is 5. The van der Waals surface area contributed by atoms with E-state index in [1.165, 1.54) is 15.2 Å². The van der Waals surface area contributed by atoms with E-state index in [0.29, 0.717) is 19.4 Å². The van der Waals surface area contributed by atoms with Crippen LogP contribution in [-0.2, 0) is 17.1 Å². The van der Waals surface area contributed by atoms with Crippen molar-refractivity contribution in [3.8, 4) is 0 Å². The van der Waals surface area contributed by atoms with Crippen LogP contribution in [0.2, 0.25) is 0 Å². The summed E-state index contributed by atoms with van der Waals surface area (Å²) in [4.78, 5) is 3.77. The fraction of sp³-hybridized carbons (Fsp3) is 0.667. The van der Waals surface area contributed by atoms with Crippen LogP contribution in [0.3, 0.4) is 0 Å². The number of rotatable bonds is 2. The number of piperidine rings is 1. The topological polar surface area (TPSA) is 101 Å². The zero-order valence-corrected chi connectivity index (χ0v) is 10.4. The maximum Gasteiger partial charge on any atom is 0.262 e. The number of nitrogens with zero attached hydrogens (tertiary/aromatic N) is 3. The fourth-order valence-electron chi connectivity index (χ4n) is 2.01. The van der Waals surface area contributed by atoms with Crippen molar-refractivity contribution < 1.29 is 13.5 Å². The van der Waals surface area contributed by atoms with Crippen molar-refractivity contribution in [2.24, 2.45) is 7.05 Å². The molecule has 2 rings (SSSR count). The molecule has 1 unspecified atom stereocenters. The van der Waals surface area contributed by atoms with Crippen LogP contribution in [-0.4, -0.2) is 46.6 Å². The van der Waals surface area contributed by atoms with E-state index < -0.39 is 16.1 Å². The average molecular weight is 260 g/mol. The molecule has 1 saturated heterocycles. The molecular formula is C9H16N4O3S. The zero-order chi connectivity index (χ0) is 12.6. The standard InChI is InChI=1S/C9H16N4O3S/c1-12-6-11-8(10)9(12)17(15,16)13-4-2-3-7(14)5-13/h6-7,14H,2-5,10H2,1H3. The molecule has 17 heavy (non-hydrogen) atoms. The lowest BCUT2D eigenvalue weighted by Gasteiger charge is -2.29. The highest BCUT2D eigenvalue weighted by atomic mass is 32.2. The summed E-state index contributed by atoms with van der Waals surface area (Å²) in [7, 11) is -2.08. The molecule has 8 heteroatoms. The normalized spacial score (nSPS) is 22.8. The predicted octanol–water partition coefficient (Wildman–Crippen LogP) is -0.852. The minimum absolute atomic E-state index is 0.00689. The lowest BCUT2D eigenvalue weighted by atomic mass is 10.1. The van der Waals surface area contributed by atoms with Crippen LogP contribution in [0.5, 0.6) is 0 Å². The summed E-state index contributed by atoms with van der Waals surface area (Å²) in [5, 5.41) is 9.51. The van der Waals surface area contributed by atoms with Crippen LogP contribution in [0.4, 0.5) is 5.82 Å². The largest absolute Gasteiger partial charge is 0.392 e. The van der Waals surface area contributed by atoms with E-state index >= 15 is 0 Å². The number of nitrogens with two attached hydrogens (primary N) is 1. The molecule has 1 aromatic heterocycles. The molecule has 0 radical (unpaired) electrons. The lowest BCUT2D eigenvalue weighted by molar-refractivity contribution is 0.108. The third-order valence-corrected chi connectivity index (χ3v) is 4.85. The monoisotopic (exact) mass is 260 g/mol. The van der Waals surface area contributed by atoms with Crippen molar-refractivity contribution >= 4 is 15.8 Å². The Morgan fingerprint density at radius 1 is 1.59 bits per heavy atom. The van der Waals surface area contributed by atoms with Gasteiger partial charge in [-0.2, -0.15) is 4.31 Å². The van der Waals surface area contributed by atoms with E-state index in [2.05, 4.69) is 4.98 Å². The van der Waals surface area contributed by atoms with E-state index in [1.807, 2.05) is 0 Å². The number of aliphatic hydroxyl groups excluding tert-OH is 1. The summed E-state index contributed by atoms with van der Waals surface area (Å²) in [5.41, 5.74) is 5.57. The molecule has 0 bridgehead atoms. The molecule has 1 aromatic rings. The summed E-state index contributed by atoms with van der Waals surface area (Å²) in [6.07, 6.45) is 2.04. The van der Waals surface area contributed by atoms with Gasteiger partial charge in [0.15, 0.2) is 10.8 Å². The summed E-state index contributed by atoms with van der Waals surface area (Å²) < 4.78 is 27.3. The number of β-amino-alcohol motifs (C(OH)–C–C–N with tert-alkyl or cyclic N) is 1. The van der Waals surface area contributed by atoms with Gasteiger partial charge in [-0.3, -0.25) is 0 Å². The molecule has 2 heterocycles. The van der Waals surface area contributed by atoms with E-state index in [9.17, 15) is 13.5 Å². The molecule has 0 aromatic carbocycles. The smallest absolute Gasteiger partial charge is 0.262 e. The Bertz CT molecular complexity index is 491. The molecule has 0 aliphatic carbocycles. The van der Waals surface area contributed by atoms with Gasteiger partial charge in [0.05, 0.1) is 12.4 Å². The van der Waals surface area contributed by atoms with Gasteiger partial charge < -0.3 is 15.4 Å². The van der Waals surface area contributed by atoms with Gasteiger partial charge >= 0.3 is 0 Å². The number of nitrogen functional groups attached to an aromatic ring is 1. The highest BCUT2D eigenvalue weighted by molar-refractivity contribution is 7.89. The molecule has 1 aliphatic rings. The first-order chi connectivity index (χ1) is 7.93. The number of sulfonamides is 1. The van der Waals surface area contributed by atoms with Crippen LogP contribution in [0.1, 0.15) is 12.8 Å². The molecule has 0 saturated carbocycles. The predicted molar refractivity (Wildman–Crippen MR) is 61.6 cm³/mol. The average Bonchev–Trinajstić information content (AvgIpc) is 2.59. The molecular weight excluding hydrogens is 244 g/mol. The number of hydrogen-bond donors (Lipinski definition) is 2. The third-order valence-electron chi connectivity index (χ3n) is 2.85. The summed E-state index contributed by atoms with van der Waals surface area (Å²) >= 11 is 0. The molecule has 1 fully saturated rings. The van der Waals surface area contributed by atoms with Gasteiger partial charge in [0.25, 0.3) is 10.0 Å². The number of aromatic nitrogens is 2. The Morgan fingerprint density at radius 2 is 2.29 bits per heavy atom.